The Morgan fingerprint density at radius 1 is 0.974 bits per heavy atom. The van der Waals surface area contributed by atoms with Crippen molar-refractivity contribution >= 4 is 60.5 Å². The minimum Gasteiger partial charge on any atom is -0.326 e. The van der Waals surface area contributed by atoms with E-state index in [1.807, 2.05) is 26.0 Å². The predicted octanol–water partition coefficient (Wildman–Crippen LogP) is 5.59. The van der Waals surface area contributed by atoms with Gasteiger partial charge in [-0.25, -0.2) is 21.1 Å². The topological polar surface area (TPSA) is 113 Å². The fraction of sp³-hybridized carbons (Fsp3) is 0.296. The van der Waals surface area contributed by atoms with Crippen LogP contribution in [0.1, 0.15) is 29.5 Å². The zero-order chi connectivity index (χ0) is 28.4. The van der Waals surface area contributed by atoms with E-state index in [4.69, 9.17) is 23.2 Å². The van der Waals surface area contributed by atoms with Gasteiger partial charge in [-0.1, -0.05) is 47.0 Å². The first-order chi connectivity index (χ1) is 18.4. The maximum atomic E-state index is 13.1. The molecular formula is C27H29Cl2N3O5S2. The van der Waals surface area contributed by atoms with E-state index in [0.29, 0.717) is 36.3 Å². The molecule has 1 unspecified atom stereocenters. The molecule has 0 radical (unpaired) electrons. The maximum absolute atomic E-state index is 13.1. The molecule has 1 atom stereocenters. The van der Waals surface area contributed by atoms with Gasteiger partial charge < -0.3 is 5.32 Å². The van der Waals surface area contributed by atoms with Crippen molar-refractivity contribution < 1.29 is 21.6 Å². The quantitative estimate of drug-likeness (QED) is 0.345. The van der Waals surface area contributed by atoms with Crippen LogP contribution >= 0.6 is 23.2 Å². The van der Waals surface area contributed by atoms with Gasteiger partial charge in [0.1, 0.15) is 0 Å². The summed E-state index contributed by atoms with van der Waals surface area (Å²) in [6, 6.07) is 16.1. The summed E-state index contributed by atoms with van der Waals surface area (Å²) in [5, 5.41) is 3.32. The molecule has 1 saturated heterocycles. The lowest BCUT2D eigenvalue weighted by molar-refractivity contribution is -0.120. The number of sulfonamides is 2. The van der Waals surface area contributed by atoms with Crippen molar-refractivity contribution in [3.05, 3.63) is 87.4 Å². The van der Waals surface area contributed by atoms with Crippen LogP contribution in [0.15, 0.2) is 65.6 Å². The summed E-state index contributed by atoms with van der Waals surface area (Å²) in [7, 11) is -7.59. The van der Waals surface area contributed by atoms with Gasteiger partial charge in [-0.2, -0.15) is 0 Å². The molecule has 1 aliphatic rings. The van der Waals surface area contributed by atoms with Crippen LogP contribution in [0, 0.1) is 19.8 Å². The largest absolute Gasteiger partial charge is 0.326 e. The number of rotatable bonds is 8. The fourth-order valence-electron chi connectivity index (χ4n) is 4.45. The Kier molecular flexibility index (Phi) is 8.92. The number of aryl methyl sites for hydroxylation is 2. The van der Waals surface area contributed by atoms with Crippen LogP contribution in [-0.4, -0.2) is 40.1 Å². The third-order valence-corrected chi connectivity index (χ3v) is 10.5. The highest BCUT2D eigenvalue weighted by Gasteiger charge is 2.33. The van der Waals surface area contributed by atoms with Gasteiger partial charge >= 0.3 is 0 Å². The number of hydrogen-bond donors (Lipinski definition) is 2. The van der Waals surface area contributed by atoms with E-state index < -0.39 is 26.0 Å². The van der Waals surface area contributed by atoms with Crippen LogP contribution in [0.4, 0.5) is 11.4 Å². The lowest BCUT2D eigenvalue weighted by Crippen LogP contribution is -2.44. The van der Waals surface area contributed by atoms with Crippen molar-refractivity contribution in [1.29, 1.82) is 0 Å². The van der Waals surface area contributed by atoms with Crippen molar-refractivity contribution in [2.75, 3.05) is 23.1 Å². The van der Waals surface area contributed by atoms with Gasteiger partial charge in [0.05, 0.1) is 22.3 Å². The van der Waals surface area contributed by atoms with E-state index in [9.17, 15) is 21.6 Å². The number of hydrogen-bond acceptors (Lipinski definition) is 5. The molecule has 3 aromatic carbocycles. The SMILES string of the molecule is Cc1ccc(NS(=O)(=O)c2ccc(NC(=O)C3CCCN(S(=O)(=O)Cc4c(Cl)cccc4Cl)C3)cc2)c(C)c1. The molecule has 0 bridgehead atoms. The zero-order valence-electron chi connectivity index (χ0n) is 21.4. The van der Waals surface area contributed by atoms with E-state index >= 15 is 0 Å². The Labute approximate surface area is 239 Å². The second-order valence-electron chi connectivity index (χ2n) is 9.59. The van der Waals surface area contributed by atoms with Gasteiger partial charge in [-0.05, 0) is 74.7 Å². The highest BCUT2D eigenvalue weighted by atomic mass is 35.5. The number of anilines is 2. The number of carbonyl (C=O) groups is 1. The van der Waals surface area contributed by atoms with E-state index in [1.165, 1.54) is 28.6 Å². The molecule has 0 aromatic heterocycles. The Bertz CT molecular complexity index is 1570. The smallest absolute Gasteiger partial charge is 0.261 e. The van der Waals surface area contributed by atoms with Crippen molar-refractivity contribution in [2.24, 2.45) is 5.92 Å². The first-order valence-electron chi connectivity index (χ1n) is 12.3. The Morgan fingerprint density at radius 3 is 2.28 bits per heavy atom. The van der Waals surface area contributed by atoms with Crippen molar-refractivity contribution in [2.45, 2.75) is 37.3 Å². The average molecular weight is 611 g/mol. The Hall–Kier alpha value is -2.63. The second-order valence-corrected chi connectivity index (χ2v) is 14.1. The molecule has 0 spiro atoms. The van der Waals surface area contributed by atoms with E-state index in [2.05, 4.69) is 10.0 Å². The van der Waals surface area contributed by atoms with Crippen molar-refractivity contribution in [3.8, 4) is 0 Å². The molecule has 208 valence electrons. The van der Waals surface area contributed by atoms with Gasteiger partial charge in [0.15, 0.2) is 0 Å². The summed E-state index contributed by atoms with van der Waals surface area (Å²) in [6.07, 6.45) is 1.05. The normalized spacial score (nSPS) is 16.6. The average Bonchev–Trinajstić information content (AvgIpc) is 2.88. The molecule has 4 rings (SSSR count). The molecular weight excluding hydrogens is 581 g/mol. The van der Waals surface area contributed by atoms with Gasteiger partial charge in [0.2, 0.25) is 15.9 Å². The first kappa shape index (κ1) is 29.4. The molecule has 0 saturated carbocycles. The fourth-order valence-corrected chi connectivity index (χ4v) is 7.94. The molecule has 1 heterocycles. The number of benzene rings is 3. The molecule has 2 N–H and O–H groups in total. The summed E-state index contributed by atoms with van der Waals surface area (Å²) in [6.45, 7) is 4.09. The van der Waals surface area contributed by atoms with Gasteiger partial charge in [-0.3, -0.25) is 9.52 Å². The summed E-state index contributed by atoms with van der Waals surface area (Å²) < 4.78 is 55.8. The third-order valence-electron chi connectivity index (χ3n) is 6.60. The van der Waals surface area contributed by atoms with Crippen molar-refractivity contribution in [3.63, 3.8) is 0 Å². The predicted molar refractivity (Wildman–Crippen MR) is 155 cm³/mol. The minimum absolute atomic E-state index is 0.0303. The maximum Gasteiger partial charge on any atom is 0.261 e. The summed E-state index contributed by atoms with van der Waals surface area (Å²) in [5.74, 6) is -1.26. The third kappa shape index (κ3) is 7.12. The molecule has 8 nitrogen and oxygen atoms in total. The van der Waals surface area contributed by atoms with E-state index in [0.717, 1.165) is 11.1 Å². The van der Waals surface area contributed by atoms with Crippen LogP contribution < -0.4 is 10.0 Å². The lowest BCUT2D eigenvalue weighted by Gasteiger charge is -2.31. The Balaban J connectivity index is 1.40. The highest BCUT2D eigenvalue weighted by molar-refractivity contribution is 7.92. The van der Waals surface area contributed by atoms with Gasteiger partial charge in [0, 0.05) is 34.4 Å². The molecule has 3 aromatic rings. The number of nitrogens with zero attached hydrogens (tertiary/aromatic N) is 1. The number of carbonyl (C=O) groups excluding carboxylic acids is 1. The number of halogens is 2. The zero-order valence-corrected chi connectivity index (χ0v) is 24.6. The summed E-state index contributed by atoms with van der Waals surface area (Å²) in [5.41, 5.74) is 3.06. The number of piperidine rings is 1. The number of amides is 1. The van der Waals surface area contributed by atoms with E-state index in [1.54, 1.807) is 24.3 Å². The van der Waals surface area contributed by atoms with Crippen LogP contribution in [0.5, 0.6) is 0 Å². The molecule has 1 fully saturated rings. The molecule has 1 amide bonds. The highest BCUT2D eigenvalue weighted by Crippen LogP contribution is 2.29. The Morgan fingerprint density at radius 2 is 1.64 bits per heavy atom. The summed E-state index contributed by atoms with van der Waals surface area (Å²) >= 11 is 12.3. The second kappa shape index (κ2) is 11.9. The van der Waals surface area contributed by atoms with Gasteiger partial charge in [0.25, 0.3) is 10.0 Å². The van der Waals surface area contributed by atoms with E-state index in [-0.39, 0.29) is 33.1 Å². The monoisotopic (exact) mass is 609 g/mol. The molecule has 39 heavy (non-hydrogen) atoms. The van der Waals surface area contributed by atoms with Crippen LogP contribution in [0.2, 0.25) is 10.0 Å². The lowest BCUT2D eigenvalue weighted by atomic mass is 9.99. The number of nitrogens with one attached hydrogen (secondary N) is 2. The summed E-state index contributed by atoms with van der Waals surface area (Å²) in [4.78, 5) is 13.0. The molecule has 1 aliphatic heterocycles. The van der Waals surface area contributed by atoms with Gasteiger partial charge in [-0.15, -0.1) is 0 Å². The minimum atomic E-state index is -3.82. The van der Waals surface area contributed by atoms with Crippen molar-refractivity contribution in [1.82, 2.24) is 4.31 Å². The molecule has 0 aliphatic carbocycles. The van der Waals surface area contributed by atoms with Crippen LogP contribution in [-0.2, 0) is 30.6 Å². The standard InChI is InChI=1S/C27H29Cl2N3O5S2/c1-18-8-13-26(19(2)15-18)31-39(36,37)22-11-9-21(10-12-22)30-27(33)20-5-4-14-32(16-20)38(34,35)17-23-24(28)6-3-7-25(23)29/h3,6-13,15,20,31H,4-5,14,16-17H2,1-2H3,(H,30,33). The van der Waals surface area contributed by atoms with Crippen LogP contribution in [0.25, 0.3) is 0 Å². The first-order valence-corrected chi connectivity index (χ1v) is 16.1. The van der Waals surface area contributed by atoms with Crippen LogP contribution in [0.3, 0.4) is 0 Å². The molecule has 12 heteroatoms.